The predicted molar refractivity (Wildman–Crippen MR) is 94.3 cm³/mol. The summed E-state index contributed by atoms with van der Waals surface area (Å²) in [5.74, 6) is 1.37. The van der Waals surface area contributed by atoms with E-state index in [0.29, 0.717) is 23.8 Å². The van der Waals surface area contributed by atoms with Gasteiger partial charge in [-0.2, -0.15) is 0 Å². The van der Waals surface area contributed by atoms with Gasteiger partial charge in [0.05, 0.1) is 0 Å². The summed E-state index contributed by atoms with van der Waals surface area (Å²) in [6.45, 7) is 0.788. The van der Waals surface area contributed by atoms with Crippen LogP contribution in [-0.2, 0) is 11.3 Å². The lowest BCUT2D eigenvalue weighted by atomic mass is 9.79. The summed E-state index contributed by atoms with van der Waals surface area (Å²) in [4.78, 5) is 15.1. The van der Waals surface area contributed by atoms with Crippen LogP contribution in [-0.4, -0.2) is 21.3 Å². The zero-order chi connectivity index (χ0) is 14.7. The number of carbonyl (C=O) groups is 1. The maximum Gasteiger partial charge on any atom is 0.226 e. The fourth-order valence-electron chi connectivity index (χ4n) is 3.98. The van der Waals surface area contributed by atoms with Crippen molar-refractivity contribution < 1.29 is 4.79 Å². The Hall–Kier alpha value is -0.580. The molecule has 3 rings (SSSR count). The molecule has 2 aliphatic rings. The van der Waals surface area contributed by atoms with Gasteiger partial charge in [-0.25, -0.2) is 0 Å². The van der Waals surface area contributed by atoms with Crippen LogP contribution in [0.4, 0.5) is 0 Å². The van der Waals surface area contributed by atoms with Crippen LogP contribution in [0.2, 0.25) is 0 Å². The molecule has 1 aromatic carbocycles. The fourth-order valence-corrected chi connectivity index (χ4v) is 4.81. The highest BCUT2D eigenvalue weighted by molar-refractivity contribution is 14.1. The van der Waals surface area contributed by atoms with Crippen molar-refractivity contribution in [3.63, 3.8) is 0 Å². The van der Waals surface area contributed by atoms with Crippen molar-refractivity contribution in [2.24, 2.45) is 11.8 Å². The lowest BCUT2D eigenvalue weighted by Gasteiger charge is -2.26. The average Bonchev–Trinajstić information content (AvgIpc) is 2.86. The van der Waals surface area contributed by atoms with Gasteiger partial charge >= 0.3 is 0 Å². The van der Waals surface area contributed by atoms with Gasteiger partial charge in [0.1, 0.15) is 0 Å². The molecule has 0 radical (unpaired) electrons. The lowest BCUT2D eigenvalue weighted by molar-refractivity contribution is -0.134. The van der Waals surface area contributed by atoms with E-state index in [9.17, 15) is 4.79 Å². The van der Waals surface area contributed by atoms with Crippen LogP contribution in [0.3, 0.4) is 0 Å². The SMILES string of the molecule is O=C1[C@@H](C2CCCCC2)C[C@H](CI)N1Cc1ccccc1. The Kier molecular flexibility index (Phi) is 5.19. The first-order valence-corrected chi connectivity index (χ1v) is 9.72. The largest absolute Gasteiger partial charge is 0.334 e. The molecule has 2 atom stereocenters. The number of carbonyl (C=O) groups excluding carboxylic acids is 1. The molecule has 1 saturated carbocycles. The Morgan fingerprint density at radius 3 is 2.48 bits per heavy atom. The van der Waals surface area contributed by atoms with Crippen LogP contribution in [0.1, 0.15) is 44.1 Å². The Balaban J connectivity index is 1.72. The van der Waals surface area contributed by atoms with Crippen LogP contribution in [0, 0.1) is 11.8 Å². The lowest BCUT2D eigenvalue weighted by Crippen LogP contribution is -2.35. The number of amides is 1. The van der Waals surface area contributed by atoms with Gasteiger partial charge < -0.3 is 4.90 Å². The van der Waals surface area contributed by atoms with E-state index < -0.39 is 0 Å². The van der Waals surface area contributed by atoms with Gasteiger partial charge in [0.2, 0.25) is 5.91 Å². The molecule has 1 aliphatic carbocycles. The first-order chi connectivity index (χ1) is 10.3. The van der Waals surface area contributed by atoms with Crippen molar-refractivity contribution in [1.29, 1.82) is 0 Å². The molecule has 0 unspecified atom stereocenters. The van der Waals surface area contributed by atoms with Gasteiger partial charge in [-0.1, -0.05) is 72.2 Å². The number of rotatable bonds is 4. The molecular formula is C18H24INO. The molecule has 1 aromatic rings. The topological polar surface area (TPSA) is 20.3 Å². The molecule has 2 nitrogen and oxygen atoms in total. The molecule has 0 aromatic heterocycles. The first kappa shape index (κ1) is 15.3. The monoisotopic (exact) mass is 397 g/mol. The molecule has 1 aliphatic heterocycles. The van der Waals surface area contributed by atoms with E-state index >= 15 is 0 Å². The molecule has 1 saturated heterocycles. The van der Waals surface area contributed by atoms with E-state index in [4.69, 9.17) is 0 Å². The van der Waals surface area contributed by atoms with Gasteiger partial charge in [0.25, 0.3) is 0 Å². The maximum absolute atomic E-state index is 12.9. The molecular weight excluding hydrogens is 373 g/mol. The molecule has 1 heterocycles. The molecule has 2 fully saturated rings. The third-order valence-corrected chi connectivity index (χ3v) is 6.18. The van der Waals surface area contributed by atoms with Gasteiger partial charge in [0, 0.05) is 22.9 Å². The third-order valence-electron chi connectivity index (χ3n) is 5.16. The van der Waals surface area contributed by atoms with E-state index in [1.807, 2.05) is 6.07 Å². The number of hydrogen-bond donors (Lipinski definition) is 0. The Morgan fingerprint density at radius 1 is 1.10 bits per heavy atom. The van der Waals surface area contributed by atoms with Crippen molar-refractivity contribution >= 4 is 28.5 Å². The summed E-state index contributed by atoms with van der Waals surface area (Å²) in [7, 11) is 0. The normalized spacial score (nSPS) is 27.3. The van der Waals surface area contributed by atoms with Gasteiger partial charge in [-0.15, -0.1) is 0 Å². The Morgan fingerprint density at radius 2 is 1.81 bits per heavy atom. The van der Waals surface area contributed by atoms with Crippen molar-refractivity contribution in [2.45, 2.75) is 51.1 Å². The number of halogens is 1. The summed E-state index contributed by atoms with van der Waals surface area (Å²) in [5.41, 5.74) is 1.25. The van der Waals surface area contributed by atoms with E-state index in [2.05, 4.69) is 51.8 Å². The van der Waals surface area contributed by atoms with Crippen LogP contribution < -0.4 is 0 Å². The predicted octanol–water partition coefficient (Wildman–Crippen LogP) is 4.42. The highest BCUT2D eigenvalue weighted by Crippen LogP contribution is 2.39. The molecule has 0 bridgehead atoms. The third kappa shape index (κ3) is 3.43. The zero-order valence-electron chi connectivity index (χ0n) is 12.5. The molecule has 3 heteroatoms. The molecule has 1 amide bonds. The van der Waals surface area contributed by atoms with E-state index in [0.717, 1.165) is 17.4 Å². The fraction of sp³-hybridized carbons (Fsp3) is 0.611. The van der Waals surface area contributed by atoms with Crippen molar-refractivity contribution in [2.75, 3.05) is 4.43 Å². The molecule has 21 heavy (non-hydrogen) atoms. The minimum Gasteiger partial charge on any atom is -0.334 e. The zero-order valence-corrected chi connectivity index (χ0v) is 14.7. The van der Waals surface area contributed by atoms with Crippen LogP contribution in [0.5, 0.6) is 0 Å². The van der Waals surface area contributed by atoms with Crippen LogP contribution >= 0.6 is 22.6 Å². The summed E-state index contributed by atoms with van der Waals surface area (Å²) in [6, 6.07) is 10.9. The number of benzene rings is 1. The second kappa shape index (κ2) is 7.12. The van der Waals surface area contributed by atoms with Crippen LogP contribution in [0.15, 0.2) is 30.3 Å². The number of nitrogens with zero attached hydrogens (tertiary/aromatic N) is 1. The second-order valence-electron chi connectivity index (χ2n) is 6.50. The smallest absolute Gasteiger partial charge is 0.226 e. The Labute approximate surface area is 141 Å². The Bertz CT molecular complexity index is 469. The highest BCUT2D eigenvalue weighted by atomic mass is 127. The van der Waals surface area contributed by atoms with Crippen molar-refractivity contribution in [3.8, 4) is 0 Å². The van der Waals surface area contributed by atoms with Gasteiger partial charge in [0.15, 0.2) is 0 Å². The van der Waals surface area contributed by atoms with Crippen LogP contribution in [0.25, 0.3) is 0 Å². The number of alkyl halides is 1. The van der Waals surface area contributed by atoms with Gasteiger partial charge in [-0.05, 0) is 30.7 Å². The summed E-state index contributed by atoms with van der Waals surface area (Å²) >= 11 is 2.44. The highest BCUT2D eigenvalue weighted by Gasteiger charge is 2.42. The van der Waals surface area contributed by atoms with E-state index in [1.165, 1.54) is 37.7 Å². The summed E-state index contributed by atoms with van der Waals surface area (Å²) in [5, 5.41) is 0. The standard InChI is InChI=1S/C18H24INO/c19-12-16-11-17(15-9-5-2-6-10-15)18(21)20(16)13-14-7-3-1-4-8-14/h1,3-4,7-8,15-17H,2,5-6,9-13H2/t16-,17-/m1/s1. The van der Waals surface area contributed by atoms with E-state index in [-0.39, 0.29) is 0 Å². The minimum atomic E-state index is 0.300. The van der Waals surface area contributed by atoms with E-state index in [1.54, 1.807) is 0 Å². The van der Waals surface area contributed by atoms with Crippen molar-refractivity contribution in [3.05, 3.63) is 35.9 Å². The first-order valence-electron chi connectivity index (χ1n) is 8.20. The van der Waals surface area contributed by atoms with Gasteiger partial charge in [-0.3, -0.25) is 4.79 Å². The number of likely N-dealkylation sites (tertiary alicyclic amines) is 1. The molecule has 114 valence electrons. The summed E-state index contributed by atoms with van der Waals surface area (Å²) in [6.07, 6.45) is 7.62. The maximum atomic E-state index is 12.9. The summed E-state index contributed by atoms with van der Waals surface area (Å²) < 4.78 is 1.06. The second-order valence-corrected chi connectivity index (χ2v) is 7.38. The quantitative estimate of drug-likeness (QED) is 0.544. The molecule has 0 N–H and O–H groups in total. The van der Waals surface area contributed by atoms with Crippen molar-refractivity contribution in [1.82, 2.24) is 4.90 Å². The minimum absolute atomic E-state index is 0.300. The number of hydrogen-bond acceptors (Lipinski definition) is 1. The molecule has 0 spiro atoms. The average molecular weight is 397 g/mol.